The maximum atomic E-state index is 12.4. The molecule has 0 spiro atoms. The van der Waals surface area contributed by atoms with Gasteiger partial charge in [-0.3, -0.25) is 4.79 Å². The van der Waals surface area contributed by atoms with Crippen LogP contribution in [0.25, 0.3) is 11.1 Å². The topological polar surface area (TPSA) is 114 Å². The number of amides is 2. The Morgan fingerprint density at radius 2 is 1.55 bits per heavy atom. The second-order valence-electron chi connectivity index (χ2n) is 7.29. The third-order valence-corrected chi connectivity index (χ3v) is 5.31. The van der Waals surface area contributed by atoms with Crippen LogP contribution in [0.15, 0.2) is 48.5 Å². The molecule has 0 aromatic heterocycles. The van der Waals surface area contributed by atoms with Crippen LogP contribution in [0.2, 0.25) is 0 Å². The number of carboxylic acids is 1. The largest absolute Gasteiger partial charge is 0.480 e. The highest BCUT2D eigenvalue weighted by Crippen LogP contribution is 2.44. The summed E-state index contributed by atoms with van der Waals surface area (Å²) in [6, 6.07) is 13.9. The van der Waals surface area contributed by atoms with Crippen molar-refractivity contribution >= 4 is 18.0 Å². The van der Waals surface area contributed by atoms with E-state index in [-0.39, 0.29) is 25.6 Å². The summed E-state index contributed by atoms with van der Waals surface area (Å²) in [5.74, 6) is -1.92. The van der Waals surface area contributed by atoms with Crippen molar-refractivity contribution in [2.45, 2.75) is 31.3 Å². The van der Waals surface area contributed by atoms with Crippen LogP contribution in [-0.4, -0.2) is 55.5 Å². The summed E-state index contributed by atoms with van der Waals surface area (Å²) in [7, 11) is 1.34. The molecule has 1 aliphatic carbocycles. The molecule has 0 fully saturated rings. The lowest BCUT2D eigenvalue weighted by molar-refractivity contribution is -0.143. The lowest BCUT2D eigenvalue weighted by Gasteiger charge is -2.20. The van der Waals surface area contributed by atoms with Gasteiger partial charge in [0.2, 0.25) is 5.91 Å². The minimum absolute atomic E-state index is 0.0925. The zero-order valence-electron chi connectivity index (χ0n) is 17.5. The van der Waals surface area contributed by atoms with Crippen molar-refractivity contribution in [2.24, 2.45) is 0 Å². The van der Waals surface area contributed by atoms with Gasteiger partial charge in [-0.2, -0.15) is 0 Å². The second kappa shape index (κ2) is 10.1. The first-order valence-corrected chi connectivity index (χ1v) is 10.1. The summed E-state index contributed by atoms with van der Waals surface area (Å²) in [5.41, 5.74) is 4.42. The van der Waals surface area contributed by atoms with Crippen molar-refractivity contribution in [1.82, 2.24) is 10.6 Å². The molecule has 0 aliphatic heterocycles. The van der Waals surface area contributed by atoms with Gasteiger partial charge >= 0.3 is 12.1 Å². The number of aliphatic carboxylic acids is 1. The Morgan fingerprint density at radius 1 is 0.968 bits per heavy atom. The van der Waals surface area contributed by atoms with Gasteiger partial charge in [0, 0.05) is 13.0 Å². The first-order chi connectivity index (χ1) is 15.0. The fourth-order valence-corrected chi connectivity index (χ4v) is 3.75. The summed E-state index contributed by atoms with van der Waals surface area (Å²) >= 11 is 0. The molecule has 2 aromatic rings. The molecule has 31 heavy (non-hydrogen) atoms. The number of hydrogen-bond donors (Lipinski definition) is 3. The maximum absolute atomic E-state index is 12.4. The van der Waals surface area contributed by atoms with Crippen LogP contribution in [-0.2, 0) is 19.1 Å². The first-order valence-electron chi connectivity index (χ1n) is 10.1. The predicted octanol–water partition coefficient (Wildman–Crippen LogP) is 2.52. The highest BCUT2D eigenvalue weighted by molar-refractivity contribution is 5.89. The minimum Gasteiger partial charge on any atom is -0.480 e. The standard InChI is InChI=1S/C23H26N2O6/c1-3-19(21(26)24-20(13-30-2)22(27)28)25-23(29)31-12-18-16-10-6-4-8-14(16)15-9-5-7-11-17(15)18/h4-11,18-20H,3,12-13H2,1-2H3,(H,24,26)(H,25,29)(H,27,28). The van der Waals surface area contributed by atoms with Crippen LogP contribution < -0.4 is 10.6 Å². The Labute approximate surface area is 180 Å². The average molecular weight is 426 g/mol. The number of carboxylic acid groups (broad SMARTS) is 1. The van der Waals surface area contributed by atoms with Crippen LogP contribution in [0.5, 0.6) is 0 Å². The Bertz CT molecular complexity index is 915. The van der Waals surface area contributed by atoms with Crippen molar-refractivity contribution in [3.63, 3.8) is 0 Å². The molecule has 2 unspecified atom stereocenters. The van der Waals surface area contributed by atoms with Crippen molar-refractivity contribution in [1.29, 1.82) is 0 Å². The molecule has 0 radical (unpaired) electrons. The third-order valence-electron chi connectivity index (χ3n) is 5.31. The Balaban J connectivity index is 1.62. The molecular weight excluding hydrogens is 400 g/mol. The molecule has 1 aliphatic rings. The molecule has 0 saturated carbocycles. The third kappa shape index (κ3) is 5.03. The molecule has 0 bridgehead atoms. The minimum atomic E-state index is -1.22. The van der Waals surface area contributed by atoms with Gasteiger partial charge in [-0.1, -0.05) is 55.5 Å². The summed E-state index contributed by atoms with van der Waals surface area (Å²) < 4.78 is 10.3. The van der Waals surface area contributed by atoms with E-state index < -0.39 is 30.1 Å². The van der Waals surface area contributed by atoms with E-state index in [1.807, 2.05) is 48.5 Å². The molecule has 8 nitrogen and oxygen atoms in total. The maximum Gasteiger partial charge on any atom is 0.407 e. The number of carbonyl (C=O) groups is 3. The van der Waals surface area contributed by atoms with Gasteiger partial charge in [0.25, 0.3) is 0 Å². The van der Waals surface area contributed by atoms with E-state index in [4.69, 9.17) is 14.6 Å². The van der Waals surface area contributed by atoms with E-state index >= 15 is 0 Å². The van der Waals surface area contributed by atoms with Gasteiger partial charge in [-0.05, 0) is 28.7 Å². The molecule has 3 rings (SSSR count). The first kappa shape index (κ1) is 22.3. The van der Waals surface area contributed by atoms with Crippen molar-refractivity contribution < 1.29 is 29.0 Å². The summed E-state index contributed by atoms with van der Waals surface area (Å²) in [6.07, 6.45) is -0.461. The summed E-state index contributed by atoms with van der Waals surface area (Å²) in [5, 5.41) is 14.0. The smallest absolute Gasteiger partial charge is 0.407 e. The number of methoxy groups -OCH3 is 1. The Hall–Kier alpha value is -3.39. The Kier molecular flexibility index (Phi) is 7.25. The van der Waals surface area contributed by atoms with E-state index in [1.165, 1.54) is 7.11 Å². The van der Waals surface area contributed by atoms with E-state index in [2.05, 4.69) is 10.6 Å². The van der Waals surface area contributed by atoms with Gasteiger partial charge in [-0.25, -0.2) is 9.59 Å². The molecule has 2 aromatic carbocycles. The quantitative estimate of drug-likeness (QED) is 0.568. The molecule has 164 valence electrons. The average Bonchev–Trinajstić information content (AvgIpc) is 3.09. The monoisotopic (exact) mass is 426 g/mol. The number of alkyl carbamates (subject to hydrolysis) is 1. The summed E-state index contributed by atoms with van der Waals surface area (Å²) in [4.78, 5) is 36.0. The SMILES string of the molecule is CCC(NC(=O)OCC1c2ccccc2-c2ccccc21)C(=O)NC(COC)C(=O)O. The van der Waals surface area contributed by atoms with Gasteiger partial charge < -0.3 is 25.2 Å². The Morgan fingerprint density at radius 3 is 2.06 bits per heavy atom. The normalized spacial score (nSPS) is 14.1. The number of rotatable bonds is 9. The van der Waals surface area contributed by atoms with Crippen LogP contribution in [0.1, 0.15) is 30.4 Å². The van der Waals surface area contributed by atoms with Crippen LogP contribution in [0.4, 0.5) is 4.79 Å². The predicted molar refractivity (Wildman–Crippen MR) is 114 cm³/mol. The van der Waals surface area contributed by atoms with Gasteiger partial charge in [0.15, 0.2) is 6.04 Å². The molecule has 3 N–H and O–H groups in total. The van der Waals surface area contributed by atoms with E-state index in [0.29, 0.717) is 0 Å². The zero-order chi connectivity index (χ0) is 22.4. The molecule has 0 heterocycles. The molecular formula is C23H26N2O6. The van der Waals surface area contributed by atoms with Crippen molar-refractivity contribution in [2.75, 3.05) is 20.3 Å². The number of nitrogens with one attached hydrogen (secondary N) is 2. The van der Waals surface area contributed by atoms with Gasteiger partial charge in [0.1, 0.15) is 12.6 Å². The van der Waals surface area contributed by atoms with Crippen molar-refractivity contribution in [3.8, 4) is 11.1 Å². The number of carbonyl (C=O) groups excluding carboxylic acids is 2. The molecule has 2 amide bonds. The van der Waals surface area contributed by atoms with E-state index in [9.17, 15) is 14.4 Å². The van der Waals surface area contributed by atoms with Crippen LogP contribution in [0, 0.1) is 0 Å². The zero-order valence-corrected chi connectivity index (χ0v) is 17.5. The fraction of sp³-hybridized carbons (Fsp3) is 0.348. The molecule has 2 atom stereocenters. The highest BCUT2D eigenvalue weighted by Gasteiger charge is 2.30. The van der Waals surface area contributed by atoms with Crippen molar-refractivity contribution in [3.05, 3.63) is 59.7 Å². The van der Waals surface area contributed by atoms with E-state index in [1.54, 1.807) is 6.92 Å². The van der Waals surface area contributed by atoms with Crippen LogP contribution >= 0.6 is 0 Å². The van der Waals surface area contributed by atoms with Gasteiger partial charge in [0.05, 0.1) is 6.61 Å². The summed E-state index contributed by atoms with van der Waals surface area (Å²) in [6.45, 7) is 1.65. The second-order valence-corrected chi connectivity index (χ2v) is 7.29. The van der Waals surface area contributed by atoms with Gasteiger partial charge in [-0.15, -0.1) is 0 Å². The number of ether oxygens (including phenoxy) is 2. The fourth-order valence-electron chi connectivity index (χ4n) is 3.75. The van der Waals surface area contributed by atoms with Crippen LogP contribution in [0.3, 0.4) is 0 Å². The number of hydrogen-bond acceptors (Lipinski definition) is 5. The molecule has 0 saturated heterocycles. The van der Waals surface area contributed by atoms with E-state index in [0.717, 1.165) is 22.3 Å². The lowest BCUT2D eigenvalue weighted by Crippen LogP contribution is -2.52. The molecule has 8 heteroatoms. The number of fused-ring (bicyclic) bond motifs is 3. The highest BCUT2D eigenvalue weighted by atomic mass is 16.5. The number of benzene rings is 2. The lowest BCUT2D eigenvalue weighted by atomic mass is 9.98.